The summed E-state index contributed by atoms with van der Waals surface area (Å²) in [6, 6.07) is 6.67. The summed E-state index contributed by atoms with van der Waals surface area (Å²) in [5.74, 6) is 0. The number of aromatic nitrogens is 1. The third-order valence-electron chi connectivity index (χ3n) is 4.85. The van der Waals surface area contributed by atoms with Crippen molar-refractivity contribution in [2.24, 2.45) is 0 Å². The van der Waals surface area contributed by atoms with E-state index in [0.29, 0.717) is 52.3 Å². The second-order valence-corrected chi connectivity index (χ2v) is 11.0. The number of benzene rings is 2. The predicted molar refractivity (Wildman–Crippen MR) is 119 cm³/mol. The van der Waals surface area contributed by atoms with Crippen LogP contribution in [0.1, 0.15) is 0 Å². The first-order chi connectivity index (χ1) is 13.7. The van der Waals surface area contributed by atoms with Crippen LogP contribution < -0.4 is 10.3 Å². The van der Waals surface area contributed by atoms with E-state index in [1.54, 1.807) is 0 Å². The summed E-state index contributed by atoms with van der Waals surface area (Å²) in [6.07, 6.45) is 0. The van der Waals surface area contributed by atoms with Crippen molar-refractivity contribution in [1.29, 1.82) is 0 Å². The minimum atomic E-state index is -3.42. The predicted octanol–water partition coefficient (Wildman–Crippen LogP) is 3.00. The molecule has 3 aliphatic rings. The second kappa shape index (κ2) is 7.64. The highest BCUT2D eigenvalue weighted by Crippen LogP contribution is 2.38. The quantitative estimate of drug-likeness (QED) is 0.547. The maximum absolute atomic E-state index is 12.3. The van der Waals surface area contributed by atoms with Gasteiger partial charge in [-0.05, 0) is 12.1 Å². The van der Waals surface area contributed by atoms with E-state index in [4.69, 9.17) is 23.2 Å². The number of fused-ring (bicyclic) bond motifs is 2. The normalized spacial score (nSPS) is 16.2. The van der Waals surface area contributed by atoms with Gasteiger partial charge >= 0.3 is 0 Å². The number of hydrogen-bond donors (Lipinski definition) is 0. The van der Waals surface area contributed by atoms with E-state index >= 15 is 0 Å². The first kappa shape index (κ1) is 20.8. The lowest BCUT2D eigenvalue weighted by Crippen LogP contribution is -2.51. The summed E-state index contributed by atoms with van der Waals surface area (Å²) in [5.41, 5.74) is 1.91. The average Bonchev–Trinajstić information content (AvgIpc) is 2.66. The van der Waals surface area contributed by atoms with Crippen LogP contribution in [0, 0.1) is 0 Å². The van der Waals surface area contributed by atoms with Gasteiger partial charge in [0.15, 0.2) is 5.43 Å². The Labute approximate surface area is 182 Å². The molecular formula is C18H18Cl2N4O3S2. The summed E-state index contributed by atoms with van der Waals surface area (Å²) in [6.45, 7) is 1.89. The molecule has 0 N–H and O–H groups in total. The van der Waals surface area contributed by atoms with E-state index < -0.39 is 10.2 Å². The fourth-order valence-corrected chi connectivity index (χ4v) is 6.11. The minimum absolute atomic E-state index is 0.166. The molecule has 11 heteroatoms. The maximum atomic E-state index is 12.3. The van der Waals surface area contributed by atoms with Gasteiger partial charge in [0.05, 0.1) is 30.8 Å². The van der Waals surface area contributed by atoms with Gasteiger partial charge in [0.25, 0.3) is 10.2 Å². The Balaban J connectivity index is 1.69. The van der Waals surface area contributed by atoms with Gasteiger partial charge in [-0.15, -0.1) is 11.3 Å². The molecule has 1 saturated heterocycles. The van der Waals surface area contributed by atoms with Gasteiger partial charge < -0.3 is 4.90 Å². The molecule has 2 heterocycles. The first-order valence-corrected chi connectivity index (χ1v) is 11.8. The Kier molecular flexibility index (Phi) is 5.47. The van der Waals surface area contributed by atoms with Crippen molar-refractivity contribution in [2.45, 2.75) is 0 Å². The van der Waals surface area contributed by atoms with Crippen LogP contribution in [0.5, 0.6) is 0 Å². The molecule has 154 valence electrons. The lowest BCUT2D eigenvalue weighted by atomic mass is 10.2. The minimum Gasteiger partial charge on any atom is -0.369 e. The molecule has 0 saturated carbocycles. The van der Waals surface area contributed by atoms with Crippen molar-refractivity contribution in [3.63, 3.8) is 0 Å². The number of piperazine rings is 1. The van der Waals surface area contributed by atoms with E-state index in [0.717, 1.165) is 10.4 Å². The molecule has 29 heavy (non-hydrogen) atoms. The SMILES string of the molecule is CN(C)S(=O)(=O)N1CCN(c2cc(Cl)c3nc4c(Cl)cc(=O)cc-4sc3c2)CC1. The van der Waals surface area contributed by atoms with Gasteiger partial charge in [-0.2, -0.15) is 17.0 Å². The van der Waals surface area contributed by atoms with E-state index in [9.17, 15) is 13.2 Å². The number of halogens is 2. The standard InChI is InChI=1S/C18H18Cl2N4O3S2/c1-22(2)29(26,27)24-5-3-23(4-6-24)11-7-13(19)17-15(8-11)28-16-10-12(25)9-14(20)18(16)21-17/h7-10H,3-6H2,1-2H3. The second-order valence-electron chi connectivity index (χ2n) is 6.92. The van der Waals surface area contributed by atoms with Crippen LogP contribution >= 0.6 is 34.5 Å². The topological polar surface area (TPSA) is 73.8 Å². The molecule has 1 aliphatic carbocycles. The molecule has 0 bridgehead atoms. The van der Waals surface area contributed by atoms with Crippen molar-refractivity contribution in [2.75, 3.05) is 45.2 Å². The smallest absolute Gasteiger partial charge is 0.281 e. The van der Waals surface area contributed by atoms with Gasteiger partial charge in [-0.25, -0.2) is 4.98 Å². The molecular weight excluding hydrogens is 455 g/mol. The average molecular weight is 473 g/mol. The van der Waals surface area contributed by atoms with Gasteiger partial charge in [0.1, 0.15) is 0 Å². The largest absolute Gasteiger partial charge is 0.369 e. The van der Waals surface area contributed by atoms with Gasteiger partial charge in [0.2, 0.25) is 0 Å². The number of hydrogen-bond acceptors (Lipinski definition) is 6. The Morgan fingerprint density at radius 3 is 2.38 bits per heavy atom. The summed E-state index contributed by atoms with van der Waals surface area (Å²) >= 11 is 14.1. The zero-order valence-corrected chi connectivity index (χ0v) is 18.9. The Morgan fingerprint density at radius 2 is 1.72 bits per heavy atom. The monoisotopic (exact) mass is 472 g/mol. The van der Waals surface area contributed by atoms with Crippen LogP contribution in [0.2, 0.25) is 10.0 Å². The molecule has 2 aliphatic heterocycles. The number of nitrogens with zero attached hydrogens (tertiary/aromatic N) is 4. The van der Waals surface area contributed by atoms with Crippen LogP contribution in [0.25, 0.3) is 20.8 Å². The molecule has 1 aromatic carbocycles. The van der Waals surface area contributed by atoms with Gasteiger partial charge in [-0.1, -0.05) is 23.2 Å². The lowest BCUT2D eigenvalue weighted by Gasteiger charge is -2.36. The van der Waals surface area contributed by atoms with Crippen molar-refractivity contribution >= 4 is 60.7 Å². The fraction of sp³-hybridized carbons (Fsp3) is 0.333. The molecule has 0 spiro atoms. The third kappa shape index (κ3) is 3.83. The van der Waals surface area contributed by atoms with E-state index in [1.807, 2.05) is 12.1 Å². The Bertz CT molecular complexity index is 1220. The Hall–Kier alpha value is -1.49. The first-order valence-electron chi connectivity index (χ1n) is 8.83. The van der Waals surface area contributed by atoms with E-state index in [1.165, 1.54) is 46.2 Å². The number of rotatable bonds is 3. The highest BCUT2D eigenvalue weighted by Gasteiger charge is 2.29. The van der Waals surface area contributed by atoms with E-state index in [-0.39, 0.29) is 5.43 Å². The van der Waals surface area contributed by atoms with Crippen molar-refractivity contribution in [3.05, 3.63) is 44.5 Å². The lowest BCUT2D eigenvalue weighted by molar-refractivity contribution is 0.356. The van der Waals surface area contributed by atoms with E-state index in [2.05, 4.69) is 9.88 Å². The molecule has 0 radical (unpaired) electrons. The van der Waals surface area contributed by atoms with Gasteiger partial charge in [0, 0.05) is 58.1 Å². The highest BCUT2D eigenvalue weighted by atomic mass is 35.5. The summed E-state index contributed by atoms with van der Waals surface area (Å²) in [7, 11) is -0.355. The maximum Gasteiger partial charge on any atom is 0.281 e. The molecule has 0 amide bonds. The molecule has 0 atom stereocenters. The Morgan fingerprint density at radius 1 is 1.03 bits per heavy atom. The third-order valence-corrected chi connectivity index (χ3v) is 8.43. The molecule has 7 nitrogen and oxygen atoms in total. The van der Waals surface area contributed by atoms with Crippen LogP contribution in [0.3, 0.4) is 0 Å². The van der Waals surface area contributed by atoms with Crippen molar-refractivity contribution in [3.8, 4) is 10.6 Å². The highest BCUT2D eigenvalue weighted by molar-refractivity contribution is 7.86. The fourth-order valence-electron chi connectivity index (χ4n) is 3.30. The molecule has 4 rings (SSSR count). The summed E-state index contributed by atoms with van der Waals surface area (Å²) in [5, 5.41) is 0.797. The molecule has 1 fully saturated rings. The zero-order valence-electron chi connectivity index (χ0n) is 15.7. The zero-order chi connectivity index (χ0) is 20.9. The summed E-state index contributed by atoms with van der Waals surface area (Å²) < 4.78 is 28.1. The molecule has 0 unspecified atom stereocenters. The van der Waals surface area contributed by atoms with Crippen LogP contribution in [-0.4, -0.2) is 62.3 Å². The van der Waals surface area contributed by atoms with Gasteiger partial charge in [-0.3, -0.25) is 4.79 Å². The van der Waals surface area contributed by atoms with Crippen LogP contribution in [-0.2, 0) is 10.2 Å². The molecule has 0 aromatic heterocycles. The van der Waals surface area contributed by atoms with Crippen molar-refractivity contribution < 1.29 is 8.42 Å². The van der Waals surface area contributed by atoms with Crippen LogP contribution in [0.4, 0.5) is 5.69 Å². The molecule has 1 aromatic rings. The summed E-state index contributed by atoms with van der Waals surface area (Å²) in [4.78, 5) is 19.1. The van der Waals surface area contributed by atoms with Crippen molar-refractivity contribution in [1.82, 2.24) is 13.6 Å². The number of anilines is 1. The van der Waals surface area contributed by atoms with Crippen LogP contribution in [0.15, 0.2) is 29.1 Å².